The zero-order valence-electron chi connectivity index (χ0n) is 8.84. The highest BCUT2D eigenvalue weighted by atomic mass is 14.1. The molecule has 74 valence electrons. The molecular weight excluding hydrogens is 156 g/mol. The molecule has 0 unspecified atom stereocenters. The van der Waals surface area contributed by atoms with Crippen LogP contribution >= 0.6 is 0 Å². The van der Waals surface area contributed by atoms with Crippen molar-refractivity contribution in [3.8, 4) is 0 Å². The smallest absolute Gasteiger partial charge is 0.0313 e. The second-order valence-corrected chi connectivity index (χ2v) is 4.18. The monoisotopic (exact) mass is 178 g/mol. The minimum absolute atomic E-state index is 1.04. The van der Waals surface area contributed by atoms with Crippen molar-refractivity contribution < 1.29 is 0 Å². The standard InChI is InChI=1S/C7H14.C6H8/c1-7-5-3-2-4-6-7;1-2-4-6-5-3-1/h7H,2-6H2,1H3;1-4H,5-6H2. The molecule has 0 aromatic carbocycles. The number of allylic oxidation sites excluding steroid dienone is 4. The van der Waals surface area contributed by atoms with Crippen molar-refractivity contribution >= 4 is 0 Å². The number of rotatable bonds is 0. The van der Waals surface area contributed by atoms with Gasteiger partial charge in [0, 0.05) is 0 Å². The van der Waals surface area contributed by atoms with Gasteiger partial charge in [0.1, 0.15) is 0 Å². The number of hydrogen-bond acceptors (Lipinski definition) is 0. The fraction of sp³-hybridized carbons (Fsp3) is 0.692. The van der Waals surface area contributed by atoms with E-state index in [1.165, 1.54) is 44.9 Å². The fourth-order valence-corrected chi connectivity index (χ4v) is 1.85. The average molecular weight is 178 g/mol. The molecule has 0 radical (unpaired) electrons. The van der Waals surface area contributed by atoms with Crippen molar-refractivity contribution in [2.45, 2.75) is 51.9 Å². The van der Waals surface area contributed by atoms with Crippen LogP contribution in [0.2, 0.25) is 0 Å². The first-order valence-corrected chi connectivity index (χ1v) is 5.71. The van der Waals surface area contributed by atoms with Crippen LogP contribution in [0.25, 0.3) is 0 Å². The minimum atomic E-state index is 1.04. The maximum absolute atomic E-state index is 2.36. The molecule has 0 saturated heterocycles. The summed E-state index contributed by atoms with van der Waals surface area (Å²) in [4.78, 5) is 0. The lowest BCUT2D eigenvalue weighted by atomic mass is 9.91. The largest absolute Gasteiger partial charge is 0.0842 e. The van der Waals surface area contributed by atoms with Gasteiger partial charge in [-0.05, 0) is 18.8 Å². The van der Waals surface area contributed by atoms with E-state index in [2.05, 4.69) is 31.2 Å². The molecule has 13 heavy (non-hydrogen) atoms. The second-order valence-electron chi connectivity index (χ2n) is 4.18. The summed E-state index contributed by atoms with van der Waals surface area (Å²) in [6, 6.07) is 0. The van der Waals surface area contributed by atoms with Gasteiger partial charge in [-0.1, -0.05) is 63.3 Å². The lowest BCUT2D eigenvalue weighted by Crippen LogP contribution is -1.99. The van der Waals surface area contributed by atoms with Crippen molar-refractivity contribution in [3.63, 3.8) is 0 Å². The van der Waals surface area contributed by atoms with Crippen LogP contribution in [0, 0.1) is 5.92 Å². The van der Waals surface area contributed by atoms with Crippen molar-refractivity contribution in [2.24, 2.45) is 5.92 Å². The molecule has 0 nitrogen and oxygen atoms in total. The van der Waals surface area contributed by atoms with Crippen LogP contribution in [0.5, 0.6) is 0 Å². The fourth-order valence-electron chi connectivity index (χ4n) is 1.85. The van der Waals surface area contributed by atoms with E-state index in [4.69, 9.17) is 0 Å². The second kappa shape index (κ2) is 6.94. The maximum atomic E-state index is 2.36. The van der Waals surface area contributed by atoms with Crippen LogP contribution in [0.15, 0.2) is 24.3 Å². The molecule has 0 bridgehead atoms. The third kappa shape index (κ3) is 5.68. The van der Waals surface area contributed by atoms with Crippen LogP contribution < -0.4 is 0 Å². The Bertz CT molecular complexity index is 147. The summed E-state index contributed by atoms with van der Waals surface area (Å²) in [5.74, 6) is 1.04. The first-order chi connectivity index (χ1) is 6.39. The Hall–Kier alpha value is -0.520. The molecule has 0 heterocycles. The molecule has 2 aliphatic rings. The summed E-state index contributed by atoms with van der Waals surface area (Å²) in [5.41, 5.74) is 0. The van der Waals surface area contributed by atoms with Crippen molar-refractivity contribution in [1.29, 1.82) is 0 Å². The quantitative estimate of drug-likeness (QED) is 0.513. The van der Waals surface area contributed by atoms with Gasteiger partial charge >= 0.3 is 0 Å². The van der Waals surface area contributed by atoms with Crippen LogP contribution in [0.4, 0.5) is 0 Å². The molecule has 0 aliphatic heterocycles. The molecule has 0 spiro atoms. The molecule has 2 rings (SSSR count). The highest BCUT2D eigenvalue weighted by molar-refractivity contribution is 5.07. The van der Waals surface area contributed by atoms with Crippen molar-refractivity contribution in [2.75, 3.05) is 0 Å². The summed E-state index contributed by atoms with van der Waals surface area (Å²) in [7, 11) is 0. The molecule has 0 aromatic heterocycles. The normalized spacial score (nSPS) is 22.2. The Morgan fingerprint density at radius 3 is 1.62 bits per heavy atom. The third-order valence-electron chi connectivity index (χ3n) is 2.78. The van der Waals surface area contributed by atoms with Gasteiger partial charge in [0.25, 0.3) is 0 Å². The molecule has 0 amide bonds. The Labute approximate surface area is 82.7 Å². The van der Waals surface area contributed by atoms with Gasteiger partial charge in [-0.2, -0.15) is 0 Å². The van der Waals surface area contributed by atoms with Gasteiger partial charge < -0.3 is 0 Å². The highest BCUT2D eigenvalue weighted by Crippen LogP contribution is 2.22. The molecule has 0 atom stereocenters. The van der Waals surface area contributed by atoms with E-state index in [9.17, 15) is 0 Å². The minimum Gasteiger partial charge on any atom is -0.0842 e. The van der Waals surface area contributed by atoms with Gasteiger partial charge in [0.05, 0.1) is 0 Å². The Kier molecular flexibility index (Phi) is 5.64. The Morgan fingerprint density at radius 1 is 0.846 bits per heavy atom. The zero-order valence-corrected chi connectivity index (χ0v) is 8.84. The third-order valence-corrected chi connectivity index (χ3v) is 2.78. The molecule has 0 aromatic rings. The van der Waals surface area contributed by atoms with Gasteiger partial charge in [0.2, 0.25) is 0 Å². The van der Waals surface area contributed by atoms with Gasteiger partial charge in [-0.25, -0.2) is 0 Å². The van der Waals surface area contributed by atoms with E-state index in [0.29, 0.717) is 0 Å². The van der Waals surface area contributed by atoms with Gasteiger partial charge in [-0.15, -0.1) is 0 Å². The van der Waals surface area contributed by atoms with Crippen LogP contribution in [0.1, 0.15) is 51.9 Å². The van der Waals surface area contributed by atoms with E-state index in [1.807, 2.05) is 0 Å². The molecule has 1 saturated carbocycles. The first-order valence-electron chi connectivity index (χ1n) is 5.71. The zero-order chi connectivity index (χ0) is 9.36. The van der Waals surface area contributed by atoms with E-state index >= 15 is 0 Å². The van der Waals surface area contributed by atoms with E-state index < -0.39 is 0 Å². The molecule has 0 heteroatoms. The molecular formula is C13H22. The average Bonchev–Trinajstić information content (AvgIpc) is 2.22. The molecule has 1 fully saturated rings. The summed E-state index contributed by atoms with van der Waals surface area (Å²) in [5, 5.41) is 0. The van der Waals surface area contributed by atoms with E-state index in [1.54, 1.807) is 0 Å². The lowest BCUT2D eigenvalue weighted by Gasteiger charge is -2.15. The highest BCUT2D eigenvalue weighted by Gasteiger charge is 2.05. The maximum Gasteiger partial charge on any atom is -0.0313 e. The Balaban J connectivity index is 0.000000132. The Morgan fingerprint density at radius 2 is 1.38 bits per heavy atom. The van der Waals surface area contributed by atoms with Gasteiger partial charge in [0.15, 0.2) is 0 Å². The SMILES string of the molecule is C1=CCCC=C1.CC1CCCCC1. The predicted molar refractivity (Wildman–Crippen MR) is 59.8 cm³/mol. The topological polar surface area (TPSA) is 0 Å². The van der Waals surface area contributed by atoms with Crippen LogP contribution in [0.3, 0.4) is 0 Å². The van der Waals surface area contributed by atoms with Crippen LogP contribution in [-0.4, -0.2) is 0 Å². The number of hydrogen-bond donors (Lipinski definition) is 0. The summed E-state index contributed by atoms with van der Waals surface area (Å²) >= 11 is 0. The predicted octanol–water partition coefficient (Wildman–Crippen LogP) is 4.48. The van der Waals surface area contributed by atoms with Crippen molar-refractivity contribution in [1.82, 2.24) is 0 Å². The van der Waals surface area contributed by atoms with Crippen LogP contribution in [-0.2, 0) is 0 Å². The lowest BCUT2D eigenvalue weighted by molar-refractivity contribution is 0.385. The first kappa shape index (κ1) is 10.6. The van der Waals surface area contributed by atoms with E-state index in [0.717, 1.165) is 5.92 Å². The van der Waals surface area contributed by atoms with E-state index in [-0.39, 0.29) is 0 Å². The summed E-state index contributed by atoms with van der Waals surface area (Å²) < 4.78 is 0. The van der Waals surface area contributed by atoms with Crippen molar-refractivity contribution in [3.05, 3.63) is 24.3 Å². The molecule has 2 aliphatic carbocycles. The summed E-state index contributed by atoms with van der Waals surface area (Å²) in [6.07, 6.45) is 18.4. The summed E-state index contributed by atoms with van der Waals surface area (Å²) in [6.45, 7) is 2.36. The molecule has 0 N–H and O–H groups in total. The van der Waals surface area contributed by atoms with Gasteiger partial charge in [-0.3, -0.25) is 0 Å².